The fourth-order valence-corrected chi connectivity index (χ4v) is 3.70. The maximum Gasteiger partial charge on any atom is 0.318 e. The van der Waals surface area contributed by atoms with Gasteiger partial charge in [0.1, 0.15) is 11.5 Å². The second kappa shape index (κ2) is 9.46. The maximum absolute atomic E-state index is 12.9. The molecule has 1 heterocycles. The molecule has 0 spiro atoms. The minimum Gasteiger partial charge on any atom is -0.497 e. The van der Waals surface area contributed by atoms with Crippen molar-refractivity contribution in [3.63, 3.8) is 0 Å². The van der Waals surface area contributed by atoms with Crippen molar-refractivity contribution >= 4 is 6.03 Å². The minimum atomic E-state index is -0.0579. The van der Waals surface area contributed by atoms with Gasteiger partial charge in [-0.2, -0.15) is 0 Å². The average molecular weight is 384 g/mol. The van der Waals surface area contributed by atoms with E-state index in [1.54, 1.807) is 21.3 Å². The summed E-state index contributed by atoms with van der Waals surface area (Å²) in [6.07, 6.45) is 1.88. The zero-order chi connectivity index (χ0) is 19.9. The van der Waals surface area contributed by atoms with Crippen LogP contribution in [0.2, 0.25) is 0 Å². The van der Waals surface area contributed by atoms with Gasteiger partial charge < -0.3 is 24.4 Å². The number of hydrogen-bond acceptors (Lipinski definition) is 4. The second-order valence-electron chi connectivity index (χ2n) is 6.87. The lowest BCUT2D eigenvalue weighted by Crippen LogP contribution is -2.39. The van der Waals surface area contributed by atoms with Crippen LogP contribution in [0, 0.1) is 0 Å². The molecule has 3 rings (SSSR count). The van der Waals surface area contributed by atoms with Crippen LogP contribution in [0.1, 0.15) is 35.6 Å². The molecule has 6 heteroatoms. The zero-order valence-corrected chi connectivity index (χ0v) is 16.7. The first-order valence-corrected chi connectivity index (χ1v) is 9.49. The number of rotatable bonds is 7. The highest BCUT2D eigenvalue weighted by Gasteiger charge is 2.31. The number of urea groups is 1. The number of nitrogens with zero attached hydrogens (tertiary/aromatic N) is 1. The lowest BCUT2D eigenvalue weighted by molar-refractivity contribution is 0.184. The van der Waals surface area contributed by atoms with E-state index in [-0.39, 0.29) is 12.1 Å². The number of ether oxygens (including phenoxy) is 3. The van der Waals surface area contributed by atoms with Crippen LogP contribution in [-0.4, -0.2) is 38.8 Å². The first kappa shape index (κ1) is 20.0. The smallest absolute Gasteiger partial charge is 0.318 e. The lowest BCUT2D eigenvalue weighted by Gasteiger charge is -2.27. The molecule has 0 saturated carbocycles. The van der Waals surface area contributed by atoms with Crippen molar-refractivity contribution < 1.29 is 19.0 Å². The van der Waals surface area contributed by atoms with E-state index in [0.29, 0.717) is 13.2 Å². The van der Waals surface area contributed by atoms with Crippen LogP contribution in [0.25, 0.3) is 0 Å². The molecule has 0 radical (unpaired) electrons. The normalized spacial score (nSPS) is 16.1. The molecule has 2 amide bonds. The highest BCUT2D eigenvalue weighted by atomic mass is 16.5. The van der Waals surface area contributed by atoms with Crippen LogP contribution >= 0.6 is 0 Å². The number of likely N-dealkylation sites (tertiary alicyclic amines) is 1. The monoisotopic (exact) mass is 384 g/mol. The topological polar surface area (TPSA) is 60.0 Å². The van der Waals surface area contributed by atoms with Gasteiger partial charge in [-0.3, -0.25) is 0 Å². The molecule has 1 aliphatic heterocycles. The summed E-state index contributed by atoms with van der Waals surface area (Å²) in [4.78, 5) is 14.8. The van der Waals surface area contributed by atoms with Crippen LogP contribution < -0.4 is 14.8 Å². The van der Waals surface area contributed by atoms with Gasteiger partial charge in [-0.15, -0.1) is 0 Å². The number of benzene rings is 2. The molecule has 2 aromatic rings. The predicted molar refractivity (Wildman–Crippen MR) is 108 cm³/mol. The Bertz CT molecular complexity index is 809. The molecule has 28 heavy (non-hydrogen) atoms. The van der Waals surface area contributed by atoms with E-state index in [1.165, 1.54) is 0 Å². The van der Waals surface area contributed by atoms with Crippen molar-refractivity contribution in [3.05, 3.63) is 59.2 Å². The molecule has 1 fully saturated rings. The summed E-state index contributed by atoms with van der Waals surface area (Å²) in [5.41, 5.74) is 3.16. The molecule has 1 unspecified atom stereocenters. The van der Waals surface area contributed by atoms with Crippen LogP contribution in [0.3, 0.4) is 0 Å². The summed E-state index contributed by atoms with van der Waals surface area (Å²) in [7, 11) is 4.95. The van der Waals surface area contributed by atoms with Gasteiger partial charge >= 0.3 is 6.03 Å². The Hall–Kier alpha value is -2.73. The maximum atomic E-state index is 12.9. The molecule has 1 atom stereocenters. The molecule has 1 aliphatic rings. The van der Waals surface area contributed by atoms with E-state index >= 15 is 0 Å². The van der Waals surface area contributed by atoms with Crippen LogP contribution in [-0.2, 0) is 17.9 Å². The summed E-state index contributed by atoms with van der Waals surface area (Å²) in [5, 5.41) is 3.05. The Morgan fingerprint density at radius 2 is 1.93 bits per heavy atom. The second-order valence-corrected chi connectivity index (χ2v) is 6.87. The number of carbonyl (C=O) groups is 1. The first-order valence-electron chi connectivity index (χ1n) is 9.49. The summed E-state index contributed by atoms with van der Waals surface area (Å²) >= 11 is 0. The number of methoxy groups -OCH3 is 3. The molecular weight excluding hydrogens is 356 g/mol. The number of amides is 2. The molecule has 1 saturated heterocycles. The summed E-state index contributed by atoms with van der Waals surface area (Å²) in [6, 6.07) is 13.8. The van der Waals surface area contributed by atoms with Gasteiger partial charge in [0.25, 0.3) is 0 Å². The van der Waals surface area contributed by atoms with E-state index < -0.39 is 0 Å². The third-order valence-corrected chi connectivity index (χ3v) is 5.06. The van der Waals surface area contributed by atoms with Gasteiger partial charge in [0, 0.05) is 31.8 Å². The van der Waals surface area contributed by atoms with Crippen molar-refractivity contribution in [2.24, 2.45) is 0 Å². The Kier molecular flexibility index (Phi) is 6.76. The molecule has 1 N–H and O–H groups in total. The number of carbonyl (C=O) groups excluding carboxylic acids is 1. The van der Waals surface area contributed by atoms with E-state index in [1.807, 2.05) is 41.3 Å². The lowest BCUT2D eigenvalue weighted by atomic mass is 10.0. The third-order valence-electron chi connectivity index (χ3n) is 5.06. The summed E-state index contributed by atoms with van der Waals surface area (Å²) in [6.45, 7) is 1.78. The van der Waals surface area contributed by atoms with Crippen molar-refractivity contribution in [3.8, 4) is 11.5 Å². The standard InChI is InChI=1S/C22H28N2O4/c1-26-15-17-7-4-6-16(12-17)14-23-22(25)24-11-5-8-20(24)19-10-9-18(27-2)13-21(19)28-3/h4,6-7,9-10,12-13,20H,5,8,11,14-15H2,1-3H3,(H,23,25). The van der Waals surface area contributed by atoms with E-state index in [0.717, 1.165) is 47.6 Å². The predicted octanol–water partition coefficient (Wildman–Crippen LogP) is 3.90. The minimum absolute atomic E-state index is 0.000631. The molecule has 0 bridgehead atoms. The quantitative estimate of drug-likeness (QED) is 0.787. The number of hydrogen-bond donors (Lipinski definition) is 1. The van der Waals surface area contributed by atoms with Gasteiger partial charge in [-0.05, 0) is 36.1 Å². The Balaban J connectivity index is 1.69. The SMILES string of the molecule is COCc1cccc(CNC(=O)N2CCCC2c2ccc(OC)cc2OC)c1. The fraction of sp³-hybridized carbons (Fsp3) is 0.409. The molecule has 150 valence electrons. The Labute approximate surface area is 166 Å². The Morgan fingerprint density at radius 3 is 2.68 bits per heavy atom. The van der Waals surface area contributed by atoms with Crippen LogP contribution in [0.15, 0.2) is 42.5 Å². The summed E-state index contributed by atoms with van der Waals surface area (Å²) in [5.74, 6) is 1.49. The number of nitrogens with one attached hydrogen (secondary N) is 1. The van der Waals surface area contributed by atoms with E-state index in [2.05, 4.69) is 11.4 Å². The van der Waals surface area contributed by atoms with Crippen molar-refractivity contribution in [1.29, 1.82) is 0 Å². The van der Waals surface area contributed by atoms with E-state index in [9.17, 15) is 4.79 Å². The van der Waals surface area contributed by atoms with Crippen LogP contribution in [0.5, 0.6) is 11.5 Å². The van der Waals surface area contributed by atoms with Gasteiger partial charge in [0.05, 0.1) is 26.9 Å². The molecular formula is C22H28N2O4. The average Bonchev–Trinajstić information content (AvgIpc) is 3.21. The third kappa shape index (κ3) is 4.57. The zero-order valence-electron chi connectivity index (χ0n) is 16.7. The van der Waals surface area contributed by atoms with Gasteiger partial charge in [0.15, 0.2) is 0 Å². The molecule has 0 aliphatic carbocycles. The van der Waals surface area contributed by atoms with Crippen molar-refractivity contribution in [2.75, 3.05) is 27.9 Å². The largest absolute Gasteiger partial charge is 0.497 e. The first-order chi connectivity index (χ1) is 13.7. The van der Waals surface area contributed by atoms with E-state index in [4.69, 9.17) is 14.2 Å². The van der Waals surface area contributed by atoms with Crippen LogP contribution in [0.4, 0.5) is 4.79 Å². The van der Waals surface area contributed by atoms with Gasteiger partial charge in [0.2, 0.25) is 0 Å². The molecule has 0 aromatic heterocycles. The van der Waals surface area contributed by atoms with Crippen molar-refractivity contribution in [2.45, 2.75) is 32.0 Å². The fourth-order valence-electron chi connectivity index (χ4n) is 3.70. The summed E-state index contributed by atoms with van der Waals surface area (Å²) < 4.78 is 16.0. The molecule has 2 aromatic carbocycles. The van der Waals surface area contributed by atoms with Gasteiger partial charge in [-0.1, -0.05) is 24.3 Å². The van der Waals surface area contributed by atoms with Gasteiger partial charge in [-0.25, -0.2) is 4.79 Å². The highest BCUT2D eigenvalue weighted by Crippen LogP contribution is 2.38. The Morgan fingerprint density at radius 1 is 1.11 bits per heavy atom. The molecule has 6 nitrogen and oxygen atoms in total. The highest BCUT2D eigenvalue weighted by molar-refractivity contribution is 5.75. The van der Waals surface area contributed by atoms with Crippen molar-refractivity contribution in [1.82, 2.24) is 10.2 Å².